The first kappa shape index (κ1) is 43.7. The van der Waals surface area contributed by atoms with Gasteiger partial charge in [-0.25, -0.2) is 4.79 Å². The lowest BCUT2D eigenvalue weighted by Crippen LogP contribution is -2.17. The molecule has 1 unspecified atom stereocenters. The van der Waals surface area contributed by atoms with Crippen LogP contribution < -0.4 is 14.5 Å². The zero-order chi connectivity index (χ0) is 42.3. The molecule has 0 spiro atoms. The molecule has 0 fully saturated rings. The molecule has 1 atom stereocenters. The summed E-state index contributed by atoms with van der Waals surface area (Å²) in [4.78, 5) is 28.4. The number of ether oxygens (including phenoxy) is 3. The molecule has 308 valence electrons. The smallest absolute Gasteiger partial charge is 0.335 e. The van der Waals surface area contributed by atoms with Crippen LogP contribution in [0.15, 0.2) is 158 Å². The topological polar surface area (TPSA) is 68.3 Å². The van der Waals surface area contributed by atoms with E-state index in [1.54, 1.807) is 12.1 Å². The van der Waals surface area contributed by atoms with Crippen LogP contribution in [0.4, 0.5) is 22.7 Å². The summed E-state index contributed by atoms with van der Waals surface area (Å²) in [6.45, 7) is 9.52. The molecule has 0 saturated carbocycles. The van der Waals surface area contributed by atoms with E-state index in [1.807, 2.05) is 61.5 Å². The van der Waals surface area contributed by atoms with E-state index in [9.17, 15) is 9.59 Å². The SMILES string of the molecule is C=CC(=O)Oc1ccc(N(Cc2cccc(Cl)c2)c2ccc(COCc3ccc(N(Cc4cccc(Cl)c4)c4ccc(C(CCCC)OC(=O)CC)cc4)cc3)cc2)cc1. The zero-order valence-electron chi connectivity index (χ0n) is 34.1. The van der Waals surface area contributed by atoms with Crippen molar-refractivity contribution in [2.75, 3.05) is 9.80 Å². The Bertz CT molecular complexity index is 2310. The predicted molar refractivity (Wildman–Crippen MR) is 243 cm³/mol. The number of carbonyl (C=O) groups is 2. The maximum absolute atomic E-state index is 12.2. The van der Waals surface area contributed by atoms with Crippen molar-refractivity contribution in [2.45, 2.75) is 71.9 Å². The van der Waals surface area contributed by atoms with Crippen molar-refractivity contribution in [3.05, 3.63) is 196 Å². The Hall–Kier alpha value is -5.86. The van der Waals surface area contributed by atoms with Crippen molar-refractivity contribution in [1.29, 1.82) is 0 Å². The van der Waals surface area contributed by atoms with E-state index in [-0.39, 0.29) is 12.1 Å². The number of halogens is 2. The van der Waals surface area contributed by atoms with Gasteiger partial charge in [0.2, 0.25) is 0 Å². The number of esters is 2. The molecule has 6 aromatic carbocycles. The van der Waals surface area contributed by atoms with Gasteiger partial charge >= 0.3 is 11.9 Å². The highest BCUT2D eigenvalue weighted by atomic mass is 35.5. The highest BCUT2D eigenvalue weighted by Gasteiger charge is 2.18. The lowest BCUT2D eigenvalue weighted by molar-refractivity contribution is -0.149. The summed E-state index contributed by atoms with van der Waals surface area (Å²) in [5, 5.41) is 1.36. The van der Waals surface area contributed by atoms with Crippen LogP contribution in [0.25, 0.3) is 0 Å². The Kier molecular flexibility index (Phi) is 16.0. The standard InChI is InChI=1S/C51H50Cl2N2O5/c1-4-7-14-49(60-51(57)6-3)41-19-25-46(26-20-41)54(33-39-10-8-12-42(52)31-39)44-21-15-37(16-22-44)35-58-36-38-17-23-45(24-18-38)55(34-40-11-9-13-43(53)32-40)47-27-29-48(30-28-47)59-50(56)5-2/h5,8-13,15-32,49H,2,4,6-7,14,33-36H2,1,3H3. The maximum atomic E-state index is 12.2. The van der Waals surface area contributed by atoms with Crippen LogP contribution in [0.2, 0.25) is 10.0 Å². The molecule has 0 aromatic heterocycles. The molecular weight excluding hydrogens is 791 g/mol. The first-order valence-corrected chi connectivity index (χ1v) is 21.0. The van der Waals surface area contributed by atoms with Gasteiger partial charge in [-0.3, -0.25) is 4.79 Å². The number of unbranched alkanes of at least 4 members (excludes halogenated alkanes) is 1. The van der Waals surface area contributed by atoms with Gasteiger partial charge in [-0.05, 0) is 126 Å². The first-order chi connectivity index (χ1) is 29.2. The molecular formula is C51H50Cl2N2O5. The summed E-state index contributed by atoms with van der Waals surface area (Å²) in [5.74, 6) is -0.250. The van der Waals surface area contributed by atoms with Gasteiger partial charge in [-0.1, -0.05) is 111 Å². The molecule has 0 radical (unpaired) electrons. The second-order valence-corrected chi connectivity index (χ2v) is 15.3. The van der Waals surface area contributed by atoms with E-state index in [0.717, 1.165) is 75.9 Å². The molecule has 9 heteroatoms. The number of hydrogen-bond acceptors (Lipinski definition) is 7. The number of rotatable bonds is 20. The van der Waals surface area contributed by atoms with Gasteiger partial charge in [0, 0.05) is 58.4 Å². The van der Waals surface area contributed by atoms with Crippen LogP contribution in [0.1, 0.15) is 73.5 Å². The number of carbonyl (C=O) groups excluding carboxylic acids is 2. The minimum absolute atomic E-state index is 0.187. The molecule has 0 amide bonds. The fourth-order valence-electron chi connectivity index (χ4n) is 6.78. The van der Waals surface area contributed by atoms with Crippen molar-refractivity contribution in [2.24, 2.45) is 0 Å². The van der Waals surface area contributed by atoms with E-state index in [4.69, 9.17) is 37.4 Å². The lowest BCUT2D eigenvalue weighted by atomic mass is 10.0. The van der Waals surface area contributed by atoms with E-state index >= 15 is 0 Å². The van der Waals surface area contributed by atoms with Crippen LogP contribution in [0, 0.1) is 0 Å². The van der Waals surface area contributed by atoms with Crippen LogP contribution >= 0.6 is 23.2 Å². The minimum Gasteiger partial charge on any atom is -0.457 e. The molecule has 0 bridgehead atoms. The molecule has 7 nitrogen and oxygen atoms in total. The number of anilines is 4. The zero-order valence-corrected chi connectivity index (χ0v) is 35.6. The molecule has 0 aliphatic carbocycles. The quantitative estimate of drug-likeness (QED) is 0.0431. The number of benzene rings is 6. The fourth-order valence-corrected chi connectivity index (χ4v) is 7.20. The Morgan fingerprint density at radius 3 is 1.53 bits per heavy atom. The minimum atomic E-state index is -0.506. The first-order valence-electron chi connectivity index (χ1n) is 20.2. The third-order valence-electron chi connectivity index (χ3n) is 9.99. The normalized spacial score (nSPS) is 11.4. The van der Waals surface area contributed by atoms with Gasteiger partial charge in [0.1, 0.15) is 11.9 Å². The van der Waals surface area contributed by atoms with Crippen molar-refractivity contribution in [3.8, 4) is 5.75 Å². The van der Waals surface area contributed by atoms with Crippen molar-refractivity contribution in [1.82, 2.24) is 0 Å². The molecule has 0 heterocycles. The molecule has 60 heavy (non-hydrogen) atoms. The van der Waals surface area contributed by atoms with Gasteiger partial charge < -0.3 is 24.0 Å². The summed E-state index contributed by atoms with van der Waals surface area (Å²) in [6, 6.07) is 48.1. The third-order valence-corrected chi connectivity index (χ3v) is 10.5. The third kappa shape index (κ3) is 12.6. The second kappa shape index (κ2) is 21.9. The van der Waals surface area contributed by atoms with Crippen molar-refractivity contribution < 1.29 is 23.8 Å². The Morgan fingerprint density at radius 2 is 1.10 bits per heavy atom. The summed E-state index contributed by atoms with van der Waals surface area (Å²) < 4.78 is 17.3. The monoisotopic (exact) mass is 840 g/mol. The van der Waals surface area contributed by atoms with Gasteiger partial charge in [-0.2, -0.15) is 0 Å². The Balaban J connectivity index is 1.13. The van der Waals surface area contributed by atoms with E-state index < -0.39 is 5.97 Å². The van der Waals surface area contributed by atoms with Gasteiger partial charge in [-0.15, -0.1) is 0 Å². The second-order valence-electron chi connectivity index (χ2n) is 14.4. The average molecular weight is 842 g/mol. The molecule has 0 N–H and O–H groups in total. The maximum Gasteiger partial charge on any atom is 0.335 e. The van der Waals surface area contributed by atoms with Gasteiger partial charge in [0.15, 0.2) is 0 Å². The molecule has 0 aliphatic rings. The van der Waals surface area contributed by atoms with E-state index in [1.165, 1.54) is 0 Å². The van der Waals surface area contributed by atoms with Crippen LogP contribution in [-0.4, -0.2) is 11.9 Å². The van der Waals surface area contributed by atoms with E-state index in [0.29, 0.717) is 48.5 Å². The van der Waals surface area contributed by atoms with Crippen LogP contribution in [0.5, 0.6) is 5.75 Å². The van der Waals surface area contributed by atoms with Crippen molar-refractivity contribution in [3.63, 3.8) is 0 Å². The predicted octanol–water partition coefficient (Wildman–Crippen LogP) is 13.7. The Labute approximate surface area is 363 Å². The summed E-state index contributed by atoms with van der Waals surface area (Å²) in [5.41, 5.74) is 9.18. The van der Waals surface area contributed by atoms with E-state index in [2.05, 4.69) is 102 Å². The summed E-state index contributed by atoms with van der Waals surface area (Å²) in [6.07, 6.45) is 4.03. The fraction of sp³-hybridized carbons (Fsp3) is 0.216. The van der Waals surface area contributed by atoms with Crippen molar-refractivity contribution >= 4 is 57.9 Å². The van der Waals surface area contributed by atoms with Crippen LogP contribution in [-0.2, 0) is 45.4 Å². The lowest BCUT2D eigenvalue weighted by Gasteiger charge is -2.26. The average Bonchev–Trinajstić information content (AvgIpc) is 3.27. The molecule has 6 aromatic rings. The molecule has 0 saturated heterocycles. The summed E-state index contributed by atoms with van der Waals surface area (Å²) in [7, 11) is 0. The highest BCUT2D eigenvalue weighted by molar-refractivity contribution is 6.30. The van der Waals surface area contributed by atoms with Gasteiger partial charge in [0.25, 0.3) is 0 Å². The van der Waals surface area contributed by atoms with Gasteiger partial charge in [0.05, 0.1) is 13.2 Å². The number of hydrogen-bond donors (Lipinski definition) is 0. The van der Waals surface area contributed by atoms with Crippen LogP contribution in [0.3, 0.4) is 0 Å². The molecule has 0 aliphatic heterocycles. The Morgan fingerprint density at radius 1 is 0.633 bits per heavy atom. The number of nitrogens with zero attached hydrogens (tertiary/aromatic N) is 2. The highest BCUT2D eigenvalue weighted by Crippen LogP contribution is 2.33. The summed E-state index contributed by atoms with van der Waals surface area (Å²) >= 11 is 12.7. The molecule has 6 rings (SSSR count). The largest absolute Gasteiger partial charge is 0.457 e.